The van der Waals surface area contributed by atoms with Gasteiger partial charge >= 0.3 is 17.9 Å². The first-order chi connectivity index (χ1) is 20.7. The van der Waals surface area contributed by atoms with Gasteiger partial charge in [0.1, 0.15) is 18.3 Å². The van der Waals surface area contributed by atoms with E-state index in [1.165, 1.54) is 13.8 Å². The minimum atomic E-state index is -1.92. The van der Waals surface area contributed by atoms with E-state index in [2.05, 4.69) is 13.8 Å². The van der Waals surface area contributed by atoms with E-state index in [1.54, 1.807) is 6.08 Å². The topological polar surface area (TPSA) is 147 Å². The Bertz CT molecular complexity index is 1270. The molecular weight excluding hydrogens is 572 g/mol. The van der Waals surface area contributed by atoms with Crippen LogP contribution in [0.4, 0.5) is 0 Å². The van der Waals surface area contributed by atoms with Crippen LogP contribution in [0.2, 0.25) is 0 Å². The normalized spacial score (nSPS) is 52.7. The minimum absolute atomic E-state index is 0.107. The molecule has 11 nitrogen and oxygen atoms in total. The van der Waals surface area contributed by atoms with Crippen molar-refractivity contribution in [1.29, 1.82) is 0 Å². The van der Waals surface area contributed by atoms with Crippen molar-refractivity contribution in [2.24, 2.45) is 34.5 Å². The number of hydrogen-bond acceptors (Lipinski definition) is 11. The van der Waals surface area contributed by atoms with Crippen LogP contribution >= 0.6 is 0 Å². The Morgan fingerprint density at radius 3 is 2.34 bits per heavy atom. The third-order valence-corrected chi connectivity index (χ3v) is 12.9. The Hall–Kier alpha value is -2.05. The van der Waals surface area contributed by atoms with Crippen molar-refractivity contribution in [3.8, 4) is 0 Å². The quantitative estimate of drug-likeness (QED) is 0.273. The summed E-state index contributed by atoms with van der Waals surface area (Å²) in [7, 11) is 0. The van der Waals surface area contributed by atoms with E-state index in [9.17, 15) is 24.6 Å². The number of rotatable bonds is 3. The fraction of sp³-hybridized carbons (Fsp3) is 0.848. The summed E-state index contributed by atoms with van der Waals surface area (Å²) in [6, 6.07) is 0. The molecule has 244 valence electrons. The van der Waals surface area contributed by atoms with E-state index in [4.69, 9.17) is 28.4 Å². The van der Waals surface area contributed by atoms with E-state index in [1.807, 2.05) is 6.92 Å². The molecular formula is C33H46O11. The third-order valence-electron chi connectivity index (χ3n) is 12.9. The monoisotopic (exact) mass is 618 g/mol. The van der Waals surface area contributed by atoms with Gasteiger partial charge in [0.05, 0.1) is 18.3 Å². The van der Waals surface area contributed by atoms with Crippen molar-refractivity contribution in [3.05, 3.63) is 11.6 Å². The fourth-order valence-corrected chi connectivity index (χ4v) is 11.0. The molecule has 0 aromatic carbocycles. The van der Waals surface area contributed by atoms with Crippen LogP contribution < -0.4 is 0 Å². The predicted molar refractivity (Wildman–Crippen MR) is 151 cm³/mol. The maximum Gasteiger partial charge on any atom is 0.331 e. The zero-order valence-corrected chi connectivity index (χ0v) is 26.3. The van der Waals surface area contributed by atoms with Crippen LogP contribution in [0, 0.1) is 34.5 Å². The number of carbonyl (C=O) groups excluding carboxylic acids is 3. The van der Waals surface area contributed by atoms with Crippen LogP contribution in [0.3, 0.4) is 0 Å². The van der Waals surface area contributed by atoms with Crippen molar-refractivity contribution in [2.45, 2.75) is 134 Å². The summed E-state index contributed by atoms with van der Waals surface area (Å²) in [5.41, 5.74) is -1.27. The summed E-state index contributed by atoms with van der Waals surface area (Å²) in [4.78, 5) is 36.3. The third kappa shape index (κ3) is 4.28. The van der Waals surface area contributed by atoms with Crippen molar-refractivity contribution in [3.63, 3.8) is 0 Å². The minimum Gasteiger partial charge on any atom is -0.459 e. The summed E-state index contributed by atoms with van der Waals surface area (Å²) < 4.78 is 35.6. The second kappa shape index (κ2) is 10.2. The summed E-state index contributed by atoms with van der Waals surface area (Å²) in [5.74, 6) is -3.10. The van der Waals surface area contributed by atoms with Gasteiger partial charge in [0.15, 0.2) is 6.10 Å². The Labute approximate surface area is 257 Å². The smallest absolute Gasteiger partial charge is 0.331 e. The second-order valence-corrected chi connectivity index (χ2v) is 15.1. The summed E-state index contributed by atoms with van der Waals surface area (Å²) in [6.45, 7) is 9.13. The number of carbonyl (C=O) groups is 3. The Morgan fingerprint density at radius 1 is 0.932 bits per heavy atom. The highest BCUT2D eigenvalue weighted by Crippen LogP contribution is 2.71. The molecule has 6 fully saturated rings. The molecule has 0 aromatic rings. The van der Waals surface area contributed by atoms with Gasteiger partial charge in [-0.3, -0.25) is 9.59 Å². The lowest BCUT2D eigenvalue weighted by atomic mass is 9.42. The molecule has 0 amide bonds. The number of fused-ring (bicyclic) bond motifs is 7. The molecule has 2 N–H and O–H groups in total. The predicted octanol–water partition coefficient (Wildman–Crippen LogP) is 2.93. The van der Waals surface area contributed by atoms with Gasteiger partial charge in [-0.2, -0.15) is 0 Å². The second-order valence-electron chi connectivity index (χ2n) is 15.1. The standard InChI is InChI=1S/C33H46O11/c1-16-10-27(42-18(3)35)33(38)29(40-16)43-24-12-20-6-7-22-21(30(20,4)14-25(24)44-33)8-9-31(5)23(19-11-28(36)39-15-19)13-26(32(22,31)37)41-17(2)34/h11,16,20-27,29,37-38H,6-10,12-15H2,1-5H3/t16-,20+,21+,22-,23-,24-,25-,26-,27-,29+,30+,31-,32-,33+/m1/s1. The fourth-order valence-electron chi connectivity index (χ4n) is 11.0. The van der Waals surface area contributed by atoms with Crippen LogP contribution in [-0.2, 0) is 42.8 Å². The van der Waals surface area contributed by atoms with Gasteiger partial charge in [0.2, 0.25) is 6.29 Å². The van der Waals surface area contributed by atoms with Gasteiger partial charge in [0, 0.05) is 31.8 Å². The number of esters is 3. The van der Waals surface area contributed by atoms with Gasteiger partial charge in [-0.15, -0.1) is 0 Å². The van der Waals surface area contributed by atoms with Crippen LogP contribution in [0.25, 0.3) is 0 Å². The van der Waals surface area contributed by atoms with Gasteiger partial charge in [-0.1, -0.05) is 13.8 Å². The number of aliphatic hydroxyl groups is 2. The maximum atomic E-state index is 13.0. The Kier molecular flexibility index (Phi) is 7.11. The molecule has 0 radical (unpaired) electrons. The molecule has 44 heavy (non-hydrogen) atoms. The average molecular weight is 619 g/mol. The molecule has 4 saturated carbocycles. The van der Waals surface area contributed by atoms with Crippen molar-refractivity contribution < 1.29 is 53.0 Å². The molecule has 11 heteroatoms. The highest BCUT2D eigenvalue weighted by Gasteiger charge is 2.73. The molecule has 14 atom stereocenters. The van der Waals surface area contributed by atoms with Crippen molar-refractivity contribution in [1.82, 2.24) is 0 Å². The Morgan fingerprint density at radius 2 is 1.66 bits per heavy atom. The van der Waals surface area contributed by atoms with Gasteiger partial charge < -0.3 is 38.6 Å². The molecule has 4 aliphatic carbocycles. The first kappa shape index (κ1) is 30.6. The summed E-state index contributed by atoms with van der Waals surface area (Å²) in [6.07, 6.45) is 3.13. The van der Waals surface area contributed by atoms with Gasteiger partial charge in [0.25, 0.3) is 5.79 Å². The van der Waals surface area contributed by atoms with Crippen LogP contribution in [0.15, 0.2) is 11.6 Å². The molecule has 0 bridgehead atoms. The lowest BCUT2D eigenvalue weighted by Crippen LogP contribution is -2.71. The van der Waals surface area contributed by atoms with E-state index in [0.717, 1.165) is 31.3 Å². The van der Waals surface area contributed by atoms with E-state index >= 15 is 0 Å². The number of hydrogen-bond donors (Lipinski definition) is 2. The lowest BCUT2D eigenvalue weighted by molar-refractivity contribution is -0.458. The molecule has 7 aliphatic rings. The Balaban J connectivity index is 1.19. The molecule has 2 saturated heterocycles. The van der Waals surface area contributed by atoms with Crippen molar-refractivity contribution >= 4 is 17.9 Å². The highest BCUT2D eigenvalue weighted by molar-refractivity contribution is 5.85. The highest BCUT2D eigenvalue weighted by atomic mass is 16.8. The SMILES string of the molecule is CC(=O)O[C@@H]1C[C@@H](C)O[C@H]2O[C@@H]3C[C@@H]4CC[C@@H]5[C@H](CC[C@]6(C)[C@@H](C7=CC(=O)OC7)C[C@@H](OC(C)=O)[C@]56O)[C@@]4(C)C[C@H]3O[C@]21O. The maximum absolute atomic E-state index is 13.0. The molecule has 0 unspecified atom stereocenters. The average Bonchev–Trinajstić information content (AvgIpc) is 3.45. The number of cyclic esters (lactones) is 1. The molecule has 3 aliphatic heterocycles. The van der Waals surface area contributed by atoms with Crippen LogP contribution in [-0.4, -0.2) is 82.9 Å². The van der Waals surface area contributed by atoms with Gasteiger partial charge in [-0.25, -0.2) is 4.79 Å². The van der Waals surface area contributed by atoms with E-state index in [0.29, 0.717) is 25.2 Å². The van der Waals surface area contributed by atoms with E-state index < -0.39 is 53.3 Å². The van der Waals surface area contributed by atoms with Crippen LogP contribution in [0.1, 0.15) is 86.0 Å². The largest absolute Gasteiger partial charge is 0.459 e. The summed E-state index contributed by atoms with van der Waals surface area (Å²) >= 11 is 0. The molecule has 7 rings (SSSR count). The number of ether oxygens (including phenoxy) is 6. The zero-order chi connectivity index (χ0) is 31.4. The molecule has 3 heterocycles. The molecule has 0 aromatic heterocycles. The first-order valence-corrected chi connectivity index (χ1v) is 16.3. The van der Waals surface area contributed by atoms with Gasteiger partial charge in [-0.05, 0) is 86.5 Å². The van der Waals surface area contributed by atoms with Crippen molar-refractivity contribution in [2.75, 3.05) is 6.61 Å². The lowest BCUT2D eigenvalue weighted by Gasteiger charge is -2.65. The zero-order valence-electron chi connectivity index (χ0n) is 26.3. The first-order valence-electron chi connectivity index (χ1n) is 16.3. The summed E-state index contributed by atoms with van der Waals surface area (Å²) in [5, 5.41) is 24.7. The van der Waals surface area contributed by atoms with Crippen LogP contribution in [0.5, 0.6) is 0 Å². The molecule has 0 spiro atoms. The van der Waals surface area contributed by atoms with E-state index in [-0.39, 0.29) is 54.4 Å².